The van der Waals surface area contributed by atoms with E-state index < -0.39 is 0 Å². The molecule has 8 heteroatoms. The topological polar surface area (TPSA) is 67.1 Å². The van der Waals surface area contributed by atoms with Gasteiger partial charge in [0.2, 0.25) is 5.95 Å². The number of imidazole rings is 1. The molecule has 1 atom stereocenters. The number of rotatable bonds is 4. The molecule has 0 unspecified atom stereocenters. The van der Waals surface area contributed by atoms with E-state index in [2.05, 4.69) is 15.6 Å². The summed E-state index contributed by atoms with van der Waals surface area (Å²) in [6.45, 7) is 1.97. The van der Waals surface area contributed by atoms with Crippen LogP contribution in [0.2, 0.25) is 0 Å². The third kappa shape index (κ3) is 3.25. The van der Waals surface area contributed by atoms with Gasteiger partial charge in [0.1, 0.15) is 11.5 Å². The fourth-order valence-electron chi connectivity index (χ4n) is 3.56. The van der Waals surface area contributed by atoms with Gasteiger partial charge in [0.15, 0.2) is 4.96 Å². The Morgan fingerprint density at radius 2 is 2.07 bits per heavy atom. The van der Waals surface area contributed by atoms with E-state index in [1.807, 2.05) is 22.0 Å². The van der Waals surface area contributed by atoms with E-state index in [-0.39, 0.29) is 5.82 Å². The number of nitrogens with one attached hydrogen (secondary N) is 2. The number of nitrogens with zero attached hydrogens (tertiary/aromatic N) is 4. The molecule has 4 heterocycles. The van der Waals surface area contributed by atoms with Gasteiger partial charge in [-0.25, -0.2) is 19.3 Å². The standard InChI is InChI=1S/C20H19FN6S/c21-14-5-3-13(4-6-14)17-18(27-10-11-28-20(27)26-17)16-7-9-23-19(25-16)24-15-2-1-8-22-12-15/h3-7,9-11,15,22H,1-2,8,12H2,(H,23,24,25)/t15-/m0/s1. The van der Waals surface area contributed by atoms with Crippen LogP contribution in [-0.4, -0.2) is 38.5 Å². The highest BCUT2D eigenvalue weighted by molar-refractivity contribution is 7.15. The van der Waals surface area contributed by atoms with Gasteiger partial charge in [-0.15, -0.1) is 11.3 Å². The second kappa shape index (κ2) is 7.29. The van der Waals surface area contributed by atoms with Gasteiger partial charge in [0, 0.05) is 35.9 Å². The zero-order valence-corrected chi connectivity index (χ0v) is 15.9. The average molecular weight is 394 g/mol. The summed E-state index contributed by atoms with van der Waals surface area (Å²) in [6.07, 6.45) is 5.99. The molecule has 0 saturated carbocycles. The summed E-state index contributed by atoms with van der Waals surface area (Å²) in [5, 5.41) is 8.82. The second-order valence-electron chi connectivity index (χ2n) is 6.82. The van der Waals surface area contributed by atoms with Crippen molar-refractivity contribution in [3.8, 4) is 22.6 Å². The van der Waals surface area contributed by atoms with Crippen molar-refractivity contribution in [3.63, 3.8) is 0 Å². The number of piperidine rings is 1. The Kier molecular flexibility index (Phi) is 4.50. The van der Waals surface area contributed by atoms with Crippen molar-refractivity contribution in [3.05, 3.63) is 53.9 Å². The van der Waals surface area contributed by atoms with E-state index in [0.717, 1.165) is 53.5 Å². The molecule has 6 nitrogen and oxygen atoms in total. The fourth-order valence-corrected chi connectivity index (χ4v) is 4.27. The highest BCUT2D eigenvalue weighted by Crippen LogP contribution is 2.33. The molecule has 5 rings (SSSR count). The van der Waals surface area contributed by atoms with Gasteiger partial charge in [-0.2, -0.15) is 0 Å². The normalized spacial score (nSPS) is 17.1. The fraction of sp³-hybridized carbons (Fsp3) is 0.250. The minimum atomic E-state index is -0.263. The van der Waals surface area contributed by atoms with Crippen molar-refractivity contribution in [2.45, 2.75) is 18.9 Å². The van der Waals surface area contributed by atoms with Crippen LogP contribution in [0.3, 0.4) is 0 Å². The number of thiazole rings is 1. The van der Waals surface area contributed by atoms with Crippen LogP contribution in [0.5, 0.6) is 0 Å². The quantitative estimate of drug-likeness (QED) is 0.551. The largest absolute Gasteiger partial charge is 0.350 e. The smallest absolute Gasteiger partial charge is 0.223 e. The highest BCUT2D eigenvalue weighted by Gasteiger charge is 2.19. The summed E-state index contributed by atoms with van der Waals surface area (Å²) in [5.41, 5.74) is 3.31. The SMILES string of the molecule is Fc1ccc(-c2nc3sccn3c2-c2ccnc(N[C@H]3CCCNC3)n2)cc1. The van der Waals surface area contributed by atoms with Gasteiger partial charge in [0.25, 0.3) is 0 Å². The summed E-state index contributed by atoms with van der Waals surface area (Å²) in [6, 6.07) is 8.62. The van der Waals surface area contributed by atoms with Gasteiger partial charge in [-0.05, 0) is 49.7 Å². The van der Waals surface area contributed by atoms with Gasteiger partial charge in [-0.3, -0.25) is 4.40 Å². The van der Waals surface area contributed by atoms with Crippen molar-refractivity contribution in [1.29, 1.82) is 0 Å². The van der Waals surface area contributed by atoms with Gasteiger partial charge in [0.05, 0.1) is 11.4 Å². The lowest BCUT2D eigenvalue weighted by Gasteiger charge is -2.23. The Balaban J connectivity index is 1.57. The monoisotopic (exact) mass is 394 g/mol. The van der Waals surface area contributed by atoms with Crippen molar-refractivity contribution in [2.24, 2.45) is 0 Å². The molecule has 1 saturated heterocycles. The Labute approximate surface area is 165 Å². The molecule has 4 aromatic rings. The number of anilines is 1. The summed E-state index contributed by atoms with van der Waals surface area (Å²) in [5.74, 6) is 0.349. The zero-order chi connectivity index (χ0) is 18.9. The Morgan fingerprint density at radius 1 is 1.18 bits per heavy atom. The maximum atomic E-state index is 13.4. The molecule has 142 valence electrons. The number of benzene rings is 1. The van der Waals surface area contributed by atoms with Gasteiger partial charge >= 0.3 is 0 Å². The first kappa shape index (κ1) is 17.3. The molecule has 3 aromatic heterocycles. The van der Waals surface area contributed by atoms with Crippen molar-refractivity contribution >= 4 is 22.2 Å². The van der Waals surface area contributed by atoms with Gasteiger partial charge < -0.3 is 10.6 Å². The van der Waals surface area contributed by atoms with Crippen molar-refractivity contribution in [2.75, 3.05) is 18.4 Å². The molecule has 0 amide bonds. The molecular formula is C20H19FN6S. The van der Waals surface area contributed by atoms with Crippen LogP contribution < -0.4 is 10.6 Å². The lowest BCUT2D eigenvalue weighted by molar-refractivity contribution is 0.478. The molecule has 1 aliphatic heterocycles. The van der Waals surface area contributed by atoms with E-state index in [4.69, 9.17) is 9.97 Å². The van der Waals surface area contributed by atoms with E-state index in [1.165, 1.54) is 12.1 Å². The number of hydrogen-bond acceptors (Lipinski definition) is 6. The van der Waals surface area contributed by atoms with E-state index >= 15 is 0 Å². The molecule has 0 radical (unpaired) electrons. The Morgan fingerprint density at radius 3 is 2.89 bits per heavy atom. The molecule has 2 N–H and O–H groups in total. The number of hydrogen-bond donors (Lipinski definition) is 2. The van der Waals surface area contributed by atoms with E-state index in [1.54, 1.807) is 29.7 Å². The first-order chi connectivity index (χ1) is 13.8. The summed E-state index contributed by atoms with van der Waals surface area (Å²) in [4.78, 5) is 14.8. The maximum Gasteiger partial charge on any atom is 0.223 e. The molecule has 1 aromatic carbocycles. The maximum absolute atomic E-state index is 13.4. The van der Waals surface area contributed by atoms with Crippen LogP contribution in [0.4, 0.5) is 10.3 Å². The molecule has 0 aliphatic carbocycles. The number of aromatic nitrogens is 4. The first-order valence-electron chi connectivity index (χ1n) is 9.30. The summed E-state index contributed by atoms with van der Waals surface area (Å²) in [7, 11) is 0. The zero-order valence-electron chi connectivity index (χ0n) is 15.1. The van der Waals surface area contributed by atoms with E-state index in [9.17, 15) is 4.39 Å². The Bertz CT molecular complexity index is 1100. The van der Waals surface area contributed by atoms with Crippen molar-refractivity contribution in [1.82, 2.24) is 24.7 Å². The molecule has 0 spiro atoms. The van der Waals surface area contributed by atoms with Crippen LogP contribution in [0.25, 0.3) is 27.6 Å². The predicted molar refractivity (Wildman–Crippen MR) is 109 cm³/mol. The molecule has 28 heavy (non-hydrogen) atoms. The minimum Gasteiger partial charge on any atom is -0.350 e. The number of halogens is 1. The third-order valence-electron chi connectivity index (χ3n) is 4.91. The summed E-state index contributed by atoms with van der Waals surface area (Å²) < 4.78 is 15.4. The van der Waals surface area contributed by atoms with Crippen LogP contribution in [-0.2, 0) is 0 Å². The summed E-state index contributed by atoms with van der Waals surface area (Å²) >= 11 is 1.56. The Hall–Kier alpha value is -2.84. The number of fused-ring (bicyclic) bond motifs is 1. The molecule has 0 bridgehead atoms. The molecular weight excluding hydrogens is 375 g/mol. The lowest BCUT2D eigenvalue weighted by Crippen LogP contribution is -2.38. The lowest BCUT2D eigenvalue weighted by atomic mass is 10.1. The minimum absolute atomic E-state index is 0.263. The molecule has 1 aliphatic rings. The predicted octanol–water partition coefficient (Wildman–Crippen LogP) is 3.82. The third-order valence-corrected chi connectivity index (χ3v) is 5.66. The van der Waals surface area contributed by atoms with Crippen LogP contribution in [0.15, 0.2) is 48.1 Å². The molecule has 1 fully saturated rings. The van der Waals surface area contributed by atoms with Crippen molar-refractivity contribution < 1.29 is 4.39 Å². The van der Waals surface area contributed by atoms with Crippen LogP contribution in [0, 0.1) is 5.82 Å². The van der Waals surface area contributed by atoms with Crippen LogP contribution >= 0.6 is 11.3 Å². The van der Waals surface area contributed by atoms with Gasteiger partial charge in [-0.1, -0.05) is 0 Å². The highest BCUT2D eigenvalue weighted by atomic mass is 32.1. The average Bonchev–Trinajstić information content (AvgIpc) is 3.31. The second-order valence-corrected chi connectivity index (χ2v) is 7.70. The van der Waals surface area contributed by atoms with E-state index in [0.29, 0.717) is 12.0 Å². The first-order valence-corrected chi connectivity index (χ1v) is 10.2. The van der Waals surface area contributed by atoms with Crippen LogP contribution in [0.1, 0.15) is 12.8 Å².